The van der Waals surface area contributed by atoms with Gasteiger partial charge in [-0.2, -0.15) is 0 Å². The molecule has 3 amide bonds. The van der Waals surface area contributed by atoms with E-state index in [0.717, 1.165) is 0 Å². The molecule has 0 saturated heterocycles. The van der Waals surface area contributed by atoms with Gasteiger partial charge in [0.05, 0.1) is 77.7 Å². The fourth-order valence-corrected chi connectivity index (χ4v) is 3.60. The number of hydrogen-bond donors (Lipinski definition) is 3. The van der Waals surface area contributed by atoms with Gasteiger partial charge in [0.15, 0.2) is 5.15 Å². The lowest BCUT2D eigenvalue weighted by Crippen LogP contribution is -2.43. The second kappa shape index (κ2) is 21.0. The highest BCUT2D eigenvalue weighted by molar-refractivity contribution is 6.32. The molecule has 17 nitrogen and oxygen atoms in total. The molecule has 18 heteroatoms. The molecule has 256 valence electrons. The number of pyridine rings is 1. The highest BCUT2D eigenvalue weighted by Crippen LogP contribution is 2.20. The molecule has 46 heavy (non-hydrogen) atoms. The van der Waals surface area contributed by atoms with E-state index in [-0.39, 0.29) is 55.8 Å². The second-order valence-corrected chi connectivity index (χ2v) is 10.9. The molecule has 0 aliphatic carbocycles. The van der Waals surface area contributed by atoms with Crippen LogP contribution in [0.2, 0.25) is 5.15 Å². The van der Waals surface area contributed by atoms with Crippen LogP contribution >= 0.6 is 11.6 Å². The summed E-state index contributed by atoms with van der Waals surface area (Å²) in [4.78, 5) is 53.6. The first-order chi connectivity index (χ1) is 21.9. The maximum atomic E-state index is 12.8. The smallest absolute Gasteiger partial charge is 0.410 e. The summed E-state index contributed by atoms with van der Waals surface area (Å²) in [5.74, 6) is -1.93. The Bertz CT molecular complexity index is 1230. The molecule has 2 aromatic rings. The van der Waals surface area contributed by atoms with Gasteiger partial charge in [-0.05, 0) is 32.9 Å². The number of halogens is 1. The van der Waals surface area contributed by atoms with Gasteiger partial charge in [0, 0.05) is 19.3 Å². The van der Waals surface area contributed by atoms with Gasteiger partial charge in [0.2, 0.25) is 5.91 Å². The first kappa shape index (κ1) is 38.3. The quantitative estimate of drug-likeness (QED) is 0.120. The van der Waals surface area contributed by atoms with Crippen LogP contribution in [0.3, 0.4) is 0 Å². The predicted molar refractivity (Wildman–Crippen MR) is 164 cm³/mol. The van der Waals surface area contributed by atoms with Gasteiger partial charge in [-0.1, -0.05) is 16.8 Å². The maximum absolute atomic E-state index is 12.8. The molecule has 0 aliphatic heterocycles. The van der Waals surface area contributed by atoms with Crippen molar-refractivity contribution in [2.75, 3.05) is 77.8 Å². The van der Waals surface area contributed by atoms with Crippen molar-refractivity contribution in [1.82, 2.24) is 30.2 Å². The van der Waals surface area contributed by atoms with Crippen LogP contribution in [0.4, 0.5) is 10.5 Å². The van der Waals surface area contributed by atoms with Gasteiger partial charge in [-0.25, -0.2) is 9.78 Å². The third-order valence-electron chi connectivity index (χ3n) is 5.52. The molecule has 0 fully saturated rings. The summed E-state index contributed by atoms with van der Waals surface area (Å²) in [5.41, 5.74) is -0.548. The van der Waals surface area contributed by atoms with E-state index >= 15 is 0 Å². The molecule has 0 spiro atoms. The molecular formula is C28H42ClN7O10. The number of aromatic nitrogens is 4. The predicted octanol–water partition coefficient (Wildman–Crippen LogP) is 1.47. The van der Waals surface area contributed by atoms with Crippen molar-refractivity contribution < 1.29 is 48.0 Å². The third-order valence-corrected chi connectivity index (χ3v) is 5.81. The van der Waals surface area contributed by atoms with Crippen LogP contribution in [0.15, 0.2) is 24.5 Å². The Morgan fingerprint density at radius 2 is 1.59 bits per heavy atom. The summed E-state index contributed by atoms with van der Waals surface area (Å²) in [6.45, 7) is 7.94. The van der Waals surface area contributed by atoms with Gasteiger partial charge in [0.1, 0.15) is 17.8 Å². The largest absolute Gasteiger partial charge is 0.481 e. The number of rotatable bonds is 22. The van der Waals surface area contributed by atoms with E-state index in [1.807, 2.05) is 0 Å². The molecule has 3 N–H and O–H groups in total. The van der Waals surface area contributed by atoms with Crippen molar-refractivity contribution in [3.8, 4) is 0 Å². The molecule has 0 atom stereocenters. The summed E-state index contributed by atoms with van der Waals surface area (Å²) >= 11 is 6.23. The second-order valence-electron chi connectivity index (χ2n) is 10.5. The number of amides is 3. The average molecular weight is 672 g/mol. The molecule has 2 aromatic heterocycles. The van der Waals surface area contributed by atoms with E-state index in [4.69, 9.17) is 40.4 Å². The fourth-order valence-electron chi connectivity index (χ4n) is 3.40. The molecule has 0 radical (unpaired) electrons. The number of anilines is 1. The first-order valence-electron chi connectivity index (χ1n) is 14.5. The summed E-state index contributed by atoms with van der Waals surface area (Å²) < 4.78 is 28.2. The van der Waals surface area contributed by atoms with Crippen LogP contribution in [-0.2, 0) is 39.8 Å². The van der Waals surface area contributed by atoms with Crippen molar-refractivity contribution in [3.05, 3.63) is 35.4 Å². The SMILES string of the molecule is CC(C)(C)OC(=O)N(CCn1ccnn1)CC(=O)Nc1ccc(C(=O)NCCOCCOCCOCCOCCC(=O)O)nc1Cl. The zero-order valence-electron chi connectivity index (χ0n) is 26.2. The molecule has 0 aliphatic rings. The minimum absolute atomic E-state index is 0.0412. The summed E-state index contributed by atoms with van der Waals surface area (Å²) in [7, 11) is 0. The minimum Gasteiger partial charge on any atom is -0.481 e. The third kappa shape index (κ3) is 17.0. The normalized spacial score (nSPS) is 11.2. The summed E-state index contributed by atoms with van der Waals surface area (Å²) in [6, 6.07) is 2.85. The first-order valence-corrected chi connectivity index (χ1v) is 14.9. The Balaban J connectivity index is 1.66. The van der Waals surface area contributed by atoms with Gasteiger partial charge < -0.3 is 39.4 Å². The summed E-state index contributed by atoms with van der Waals surface area (Å²) in [5, 5.41) is 21.3. The standard InChI is InChI=1S/C28H42ClN7O10/c1-28(2,3)46-27(41)35(10-11-36-9-7-31-34-36)20-23(37)32-21-4-5-22(33-25(21)29)26(40)30-8-13-43-15-17-45-19-18-44-16-14-42-12-6-24(38)39/h4-5,7,9H,6,8,10-20H2,1-3H3,(H,30,40)(H,32,37)(H,38,39). The highest BCUT2D eigenvalue weighted by atomic mass is 35.5. The number of carbonyl (C=O) groups is 4. The number of carboxylic acids is 1. The molecule has 0 bridgehead atoms. The minimum atomic E-state index is -0.907. The van der Waals surface area contributed by atoms with Crippen molar-refractivity contribution in [1.29, 1.82) is 0 Å². The zero-order valence-corrected chi connectivity index (χ0v) is 27.0. The Morgan fingerprint density at radius 1 is 0.957 bits per heavy atom. The molecular weight excluding hydrogens is 630 g/mol. The highest BCUT2D eigenvalue weighted by Gasteiger charge is 2.24. The van der Waals surface area contributed by atoms with Crippen LogP contribution in [0.5, 0.6) is 0 Å². The lowest BCUT2D eigenvalue weighted by Gasteiger charge is -2.27. The van der Waals surface area contributed by atoms with E-state index in [1.54, 1.807) is 27.0 Å². The molecule has 0 unspecified atom stereocenters. The number of carbonyl (C=O) groups excluding carboxylic acids is 3. The Labute approximate surface area is 271 Å². The van der Waals surface area contributed by atoms with Gasteiger partial charge in [-0.15, -0.1) is 5.10 Å². The van der Waals surface area contributed by atoms with Crippen molar-refractivity contribution >= 4 is 41.2 Å². The van der Waals surface area contributed by atoms with Gasteiger partial charge in [0.25, 0.3) is 5.91 Å². The lowest BCUT2D eigenvalue weighted by molar-refractivity contribution is -0.138. The van der Waals surface area contributed by atoms with Crippen molar-refractivity contribution in [3.63, 3.8) is 0 Å². The molecule has 2 heterocycles. The van der Waals surface area contributed by atoms with Gasteiger partial charge in [-0.3, -0.25) is 24.0 Å². The summed E-state index contributed by atoms with van der Waals surface area (Å²) in [6.07, 6.45) is 2.43. The monoisotopic (exact) mass is 671 g/mol. The molecule has 0 saturated carbocycles. The van der Waals surface area contributed by atoms with Crippen LogP contribution in [0, 0.1) is 0 Å². The average Bonchev–Trinajstić information content (AvgIpc) is 3.51. The maximum Gasteiger partial charge on any atom is 0.410 e. The van der Waals surface area contributed by atoms with Crippen molar-refractivity contribution in [2.24, 2.45) is 0 Å². The van der Waals surface area contributed by atoms with E-state index < -0.39 is 29.5 Å². The Kier molecular flexibility index (Phi) is 17.5. The number of aliphatic carboxylic acids is 1. The van der Waals surface area contributed by atoms with Gasteiger partial charge >= 0.3 is 12.1 Å². The van der Waals surface area contributed by atoms with E-state index in [1.165, 1.54) is 27.9 Å². The number of nitrogens with zero attached hydrogens (tertiary/aromatic N) is 5. The zero-order chi connectivity index (χ0) is 33.8. The van der Waals surface area contributed by atoms with Crippen molar-refractivity contribution in [2.45, 2.75) is 39.3 Å². The number of nitrogens with one attached hydrogen (secondary N) is 2. The lowest BCUT2D eigenvalue weighted by atomic mass is 10.2. The number of ether oxygens (including phenoxy) is 5. The van der Waals surface area contributed by atoms with Crippen LogP contribution in [-0.4, -0.2) is 132 Å². The topological polar surface area (TPSA) is 206 Å². The number of carboxylic acid groups (broad SMARTS) is 1. The molecule has 2 rings (SSSR count). The Morgan fingerprint density at radius 3 is 2.15 bits per heavy atom. The van der Waals surface area contributed by atoms with Crippen LogP contribution < -0.4 is 10.6 Å². The van der Waals surface area contributed by atoms with Crippen LogP contribution in [0.1, 0.15) is 37.7 Å². The molecule has 0 aromatic carbocycles. The fraction of sp³-hybridized carbons (Fsp3) is 0.607. The number of hydrogen-bond acceptors (Lipinski definition) is 12. The van der Waals surface area contributed by atoms with E-state index in [0.29, 0.717) is 46.2 Å². The van der Waals surface area contributed by atoms with E-state index in [2.05, 4.69) is 25.9 Å². The van der Waals surface area contributed by atoms with Crippen LogP contribution in [0.25, 0.3) is 0 Å². The Hall–Kier alpha value is -3.90. The van der Waals surface area contributed by atoms with E-state index in [9.17, 15) is 19.2 Å².